The van der Waals surface area contributed by atoms with Gasteiger partial charge in [-0.05, 0) is 38.8 Å². The molecule has 0 aliphatic rings. The van der Waals surface area contributed by atoms with Gasteiger partial charge in [0.05, 0.1) is 16.2 Å². The van der Waals surface area contributed by atoms with E-state index in [1.165, 1.54) is 0 Å². The van der Waals surface area contributed by atoms with Crippen molar-refractivity contribution >= 4 is 17.6 Å². The zero-order valence-electron chi connectivity index (χ0n) is 14.9. The lowest BCUT2D eigenvalue weighted by molar-refractivity contribution is -0.384. The molecule has 0 saturated carbocycles. The van der Waals surface area contributed by atoms with Crippen molar-refractivity contribution in [3.63, 3.8) is 0 Å². The number of aromatic carboxylic acids is 1. The molecule has 9 heteroatoms. The zero-order chi connectivity index (χ0) is 19.6. The highest BCUT2D eigenvalue weighted by atomic mass is 16.6. The highest BCUT2D eigenvalue weighted by molar-refractivity contribution is 5.98. The first-order valence-corrected chi connectivity index (χ1v) is 7.92. The second kappa shape index (κ2) is 7.34. The molecule has 1 unspecified atom stereocenters. The van der Waals surface area contributed by atoms with Crippen LogP contribution < -0.4 is 5.32 Å². The average Bonchev–Trinajstić information content (AvgIpc) is 2.80. The molecule has 2 aromatic rings. The van der Waals surface area contributed by atoms with Gasteiger partial charge in [0.2, 0.25) is 0 Å². The maximum absolute atomic E-state index is 12.4. The fraction of sp³-hybridized carbons (Fsp3) is 0.353. The average molecular weight is 360 g/mol. The minimum Gasteiger partial charge on any atom is -0.478 e. The molecule has 0 saturated heterocycles. The SMILES string of the molecule is Cc1nn(C)c(C)c1CC(C)NC(=O)c1cc(C(=O)O)cc([N+](=O)[O-])c1. The molecule has 0 bridgehead atoms. The molecule has 1 aromatic heterocycles. The molecule has 2 rings (SSSR count). The first-order valence-electron chi connectivity index (χ1n) is 7.92. The first-order chi connectivity index (χ1) is 12.1. The highest BCUT2D eigenvalue weighted by Crippen LogP contribution is 2.18. The molecule has 0 radical (unpaired) electrons. The first kappa shape index (κ1) is 19.1. The Labute approximate surface area is 149 Å². The largest absolute Gasteiger partial charge is 0.478 e. The predicted octanol–water partition coefficient (Wildman–Crippen LogP) is 2.00. The van der Waals surface area contributed by atoms with E-state index in [-0.39, 0.29) is 17.2 Å². The Hall–Kier alpha value is -3.23. The highest BCUT2D eigenvalue weighted by Gasteiger charge is 2.20. The van der Waals surface area contributed by atoms with Crippen molar-refractivity contribution in [1.82, 2.24) is 15.1 Å². The van der Waals surface area contributed by atoms with Crippen LogP contribution in [0.15, 0.2) is 18.2 Å². The number of aromatic nitrogens is 2. The van der Waals surface area contributed by atoms with Gasteiger partial charge in [-0.25, -0.2) is 4.79 Å². The van der Waals surface area contributed by atoms with E-state index in [4.69, 9.17) is 5.11 Å². The maximum Gasteiger partial charge on any atom is 0.335 e. The number of carboxylic acid groups (broad SMARTS) is 1. The van der Waals surface area contributed by atoms with Gasteiger partial charge in [-0.3, -0.25) is 19.6 Å². The maximum atomic E-state index is 12.4. The van der Waals surface area contributed by atoms with Gasteiger partial charge in [0.25, 0.3) is 11.6 Å². The summed E-state index contributed by atoms with van der Waals surface area (Å²) in [5.74, 6) is -1.90. The topological polar surface area (TPSA) is 127 Å². The van der Waals surface area contributed by atoms with Crippen molar-refractivity contribution in [1.29, 1.82) is 0 Å². The van der Waals surface area contributed by atoms with Crippen LogP contribution in [0, 0.1) is 24.0 Å². The number of benzene rings is 1. The molecule has 0 aliphatic carbocycles. The number of nitro groups is 1. The van der Waals surface area contributed by atoms with E-state index in [0.717, 1.165) is 35.2 Å². The van der Waals surface area contributed by atoms with Gasteiger partial charge in [0.1, 0.15) is 0 Å². The molecule has 0 spiro atoms. The minimum atomic E-state index is -1.34. The van der Waals surface area contributed by atoms with E-state index in [0.29, 0.717) is 6.42 Å². The predicted molar refractivity (Wildman–Crippen MR) is 93.4 cm³/mol. The van der Waals surface area contributed by atoms with Crippen molar-refractivity contribution in [2.75, 3.05) is 0 Å². The molecule has 0 fully saturated rings. The summed E-state index contributed by atoms with van der Waals surface area (Å²) in [6, 6.07) is 2.84. The van der Waals surface area contributed by atoms with Gasteiger partial charge in [0.15, 0.2) is 0 Å². The number of nitrogens with one attached hydrogen (secondary N) is 1. The normalized spacial score (nSPS) is 11.8. The molecule has 26 heavy (non-hydrogen) atoms. The molecule has 9 nitrogen and oxygen atoms in total. The van der Waals surface area contributed by atoms with Crippen LogP contribution in [0.4, 0.5) is 5.69 Å². The lowest BCUT2D eigenvalue weighted by Gasteiger charge is -2.14. The summed E-state index contributed by atoms with van der Waals surface area (Å²) in [7, 11) is 1.84. The standard InChI is InChI=1S/C17H20N4O5/c1-9(5-15-10(2)19-20(4)11(15)3)18-16(22)12-6-13(17(23)24)8-14(7-12)21(25)26/h6-9H,5H2,1-4H3,(H,18,22)(H,23,24). The fourth-order valence-corrected chi connectivity index (χ4v) is 2.75. The summed E-state index contributed by atoms with van der Waals surface area (Å²) in [4.78, 5) is 33.8. The molecule has 1 amide bonds. The van der Waals surface area contributed by atoms with Crippen LogP contribution >= 0.6 is 0 Å². The number of hydrogen-bond acceptors (Lipinski definition) is 5. The van der Waals surface area contributed by atoms with Crippen molar-refractivity contribution in [2.45, 2.75) is 33.2 Å². The zero-order valence-corrected chi connectivity index (χ0v) is 14.9. The van der Waals surface area contributed by atoms with Crippen molar-refractivity contribution in [2.24, 2.45) is 7.05 Å². The molecular weight excluding hydrogens is 340 g/mol. The van der Waals surface area contributed by atoms with E-state index in [1.807, 2.05) is 20.9 Å². The molecular formula is C17H20N4O5. The van der Waals surface area contributed by atoms with Crippen LogP contribution in [0.1, 0.15) is 44.6 Å². The van der Waals surface area contributed by atoms with Gasteiger partial charge < -0.3 is 10.4 Å². The van der Waals surface area contributed by atoms with E-state index >= 15 is 0 Å². The Balaban J connectivity index is 2.21. The Morgan fingerprint density at radius 2 is 1.92 bits per heavy atom. The smallest absolute Gasteiger partial charge is 0.335 e. The monoisotopic (exact) mass is 360 g/mol. The molecule has 1 aromatic carbocycles. The van der Waals surface area contributed by atoms with Crippen LogP contribution in [0.2, 0.25) is 0 Å². The van der Waals surface area contributed by atoms with Crippen LogP contribution in [-0.2, 0) is 13.5 Å². The number of hydrogen-bond donors (Lipinski definition) is 2. The number of carbonyl (C=O) groups is 2. The number of non-ortho nitro benzene ring substituents is 1. The summed E-state index contributed by atoms with van der Waals surface area (Å²) in [6.07, 6.45) is 0.540. The lowest BCUT2D eigenvalue weighted by Crippen LogP contribution is -2.34. The van der Waals surface area contributed by atoms with Crippen molar-refractivity contribution < 1.29 is 19.6 Å². The van der Waals surface area contributed by atoms with Gasteiger partial charge in [-0.1, -0.05) is 0 Å². The third-order valence-corrected chi connectivity index (χ3v) is 4.18. The van der Waals surface area contributed by atoms with Crippen LogP contribution in [0.3, 0.4) is 0 Å². The Bertz CT molecular complexity index is 855. The Morgan fingerprint density at radius 1 is 1.31 bits per heavy atom. The Morgan fingerprint density at radius 3 is 2.42 bits per heavy atom. The number of nitrogens with zero attached hydrogens (tertiary/aromatic N) is 3. The molecule has 138 valence electrons. The van der Waals surface area contributed by atoms with Gasteiger partial charge in [0, 0.05) is 36.5 Å². The number of carbonyl (C=O) groups excluding carboxylic acids is 1. The molecule has 1 heterocycles. The van der Waals surface area contributed by atoms with E-state index in [9.17, 15) is 19.7 Å². The molecule has 1 atom stereocenters. The van der Waals surface area contributed by atoms with Gasteiger partial charge in [-0.15, -0.1) is 0 Å². The second-order valence-electron chi connectivity index (χ2n) is 6.18. The lowest BCUT2D eigenvalue weighted by atomic mass is 10.0. The third kappa shape index (κ3) is 4.05. The van der Waals surface area contributed by atoms with Crippen molar-refractivity contribution in [3.05, 3.63) is 56.4 Å². The number of nitro benzene ring substituents is 1. The number of aryl methyl sites for hydroxylation is 2. The van der Waals surface area contributed by atoms with Gasteiger partial charge >= 0.3 is 5.97 Å². The third-order valence-electron chi connectivity index (χ3n) is 4.18. The summed E-state index contributed by atoms with van der Waals surface area (Å²) in [6.45, 7) is 5.62. The summed E-state index contributed by atoms with van der Waals surface area (Å²) < 4.78 is 1.76. The fourth-order valence-electron chi connectivity index (χ4n) is 2.75. The Kier molecular flexibility index (Phi) is 5.39. The van der Waals surface area contributed by atoms with Crippen LogP contribution in [-0.4, -0.2) is 37.7 Å². The van der Waals surface area contributed by atoms with Gasteiger partial charge in [-0.2, -0.15) is 5.10 Å². The number of amides is 1. The van der Waals surface area contributed by atoms with E-state index < -0.39 is 22.5 Å². The van der Waals surface area contributed by atoms with Crippen LogP contribution in [0.25, 0.3) is 0 Å². The second-order valence-corrected chi connectivity index (χ2v) is 6.18. The number of rotatable bonds is 6. The quantitative estimate of drug-likeness (QED) is 0.599. The molecule has 2 N–H and O–H groups in total. The number of carboxylic acids is 1. The van der Waals surface area contributed by atoms with E-state index in [2.05, 4.69) is 10.4 Å². The summed E-state index contributed by atoms with van der Waals surface area (Å²) in [5.41, 5.74) is 2.06. The molecule has 0 aliphatic heterocycles. The van der Waals surface area contributed by atoms with Crippen molar-refractivity contribution in [3.8, 4) is 0 Å². The summed E-state index contributed by atoms with van der Waals surface area (Å²) >= 11 is 0. The van der Waals surface area contributed by atoms with E-state index in [1.54, 1.807) is 11.6 Å². The van der Waals surface area contributed by atoms with Crippen LogP contribution in [0.5, 0.6) is 0 Å². The summed E-state index contributed by atoms with van der Waals surface area (Å²) in [5, 5.41) is 27.1. The minimum absolute atomic E-state index is 0.0666.